The number of anilines is 2. The van der Waals surface area contributed by atoms with Crippen molar-refractivity contribution >= 4 is 23.3 Å². The van der Waals surface area contributed by atoms with Gasteiger partial charge in [-0.15, -0.1) is 0 Å². The Bertz CT molecular complexity index is 1640. The van der Waals surface area contributed by atoms with E-state index in [1.807, 2.05) is 33.1 Å². The van der Waals surface area contributed by atoms with Gasteiger partial charge in [0.05, 0.1) is 0 Å². The lowest BCUT2D eigenvalue weighted by Gasteiger charge is -2.30. The monoisotopic (exact) mass is 1080 g/mol. The molecule has 0 saturated heterocycles. The molecule has 0 spiro atoms. The lowest BCUT2D eigenvalue weighted by atomic mass is 10.0. The fourth-order valence-corrected chi connectivity index (χ4v) is 10.5. The molecule has 10 heteroatoms. The van der Waals surface area contributed by atoms with Gasteiger partial charge in [0.2, 0.25) is 0 Å². The van der Waals surface area contributed by atoms with Crippen LogP contribution in [-0.2, 0) is 19.1 Å². The van der Waals surface area contributed by atoms with Crippen LogP contribution in [0.1, 0.15) is 297 Å². The molecule has 0 amide bonds. The fourth-order valence-electron chi connectivity index (χ4n) is 10.5. The van der Waals surface area contributed by atoms with Crippen LogP contribution in [-0.4, -0.2) is 94.4 Å². The number of hydrogen-bond acceptors (Lipinski definition) is 10. The van der Waals surface area contributed by atoms with E-state index >= 15 is 0 Å². The van der Waals surface area contributed by atoms with Gasteiger partial charge in [0.25, 0.3) is 10.9 Å². The zero-order valence-electron chi connectivity index (χ0n) is 51.9. The number of allylic oxidation sites excluding steroid dienone is 4. The van der Waals surface area contributed by atoms with Crippen molar-refractivity contribution in [2.75, 3.05) is 64.6 Å². The Morgan fingerprint density at radius 2 is 0.779 bits per heavy atom. The van der Waals surface area contributed by atoms with Crippen LogP contribution in [0, 0.1) is 0 Å². The van der Waals surface area contributed by atoms with Crippen molar-refractivity contribution in [1.82, 2.24) is 9.80 Å². The zero-order valence-corrected chi connectivity index (χ0v) is 51.9. The molecule has 0 radical (unpaired) electrons. The topological polar surface area (TPSA) is 108 Å². The minimum atomic E-state index is -0.995. The highest BCUT2D eigenvalue weighted by molar-refractivity contribution is 5.84. The standard InChI is InChI=1S/C67H124N4O6/c1-9-13-17-21-25-27-29-31-33-37-41-44-50-59(49-43-39-35-23-19-15-11-3)76-62(72)54-53-61(68-63-64(66(74)65(63)73)71(57-47-55-69(5)6)58-48-56-70(7)8)67(75)77-60(51-45-40-36-24-20-16-12-4)52-46-42-38-34-32-30-28-26-22-18-14-10-2/h35-36,39-40,59-61,68H,9-34,37-38,41-58H2,1-8H3/b39-35-,40-36-/t59?,60?,61-/m0/s1. The second-order valence-electron chi connectivity index (χ2n) is 23.5. The van der Waals surface area contributed by atoms with Crippen LogP contribution < -0.4 is 21.1 Å². The molecule has 1 N–H and O–H groups in total. The van der Waals surface area contributed by atoms with Gasteiger partial charge in [-0.2, -0.15) is 0 Å². The first-order valence-electron chi connectivity index (χ1n) is 32.8. The third kappa shape index (κ3) is 39.9. The second-order valence-corrected chi connectivity index (χ2v) is 23.5. The molecule has 1 rings (SSSR count). The molecule has 0 aromatic heterocycles. The summed E-state index contributed by atoms with van der Waals surface area (Å²) in [5.41, 5.74) is -0.621. The van der Waals surface area contributed by atoms with Crippen molar-refractivity contribution < 1.29 is 19.1 Å². The van der Waals surface area contributed by atoms with Gasteiger partial charge in [-0.1, -0.05) is 219 Å². The van der Waals surface area contributed by atoms with Crippen LogP contribution in [0.3, 0.4) is 0 Å². The highest BCUT2D eigenvalue weighted by Crippen LogP contribution is 2.26. The summed E-state index contributed by atoms with van der Waals surface area (Å²) in [5.74, 6) is -0.804. The Hall–Kier alpha value is -2.98. The maximum Gasteiger partial charge on any atom is 0.328 e. The number of carbonyl (C=O) groups excluding carboxylic acids is 2. The number of rotatable bonds is 57. The Morgan fingerprint density at radius 3 is 1.18 bits per heavy atom. The lowest BCUT2D eigenvalue weighted by molar-refractivity contribution is -0.152. The number of ether oxygens (including phenoxy) is 2. The van der Waals surface area contributed by atoms with Crippen LogP contribution in [0.2, 0.25) is 0 Å². The fraction of sp³-hybridized carbons (Fsp3) is 0.851. The molecule has 0 bridgehead atoms. The van der Waals surface area contributed by atoms with E-state index in [1.54, 1.807) is 0 Å². The van der Waals surface area contributed by atoms with E-state index in [1.165, 1.54) is 167 Å². The summed E-state index contributed by atoms with van der Waals surface area (Å²) >= 11 is 0. The highest BCUT2D eigenvalue weighted by Gasteiger charge is 2.32. The molecule has 10 nitrogen and oxygen atoms in total. The molecule has 0 aliphatic rings. The number of nitrogens with one attached hydrogen (secondary N) is 1. The summed E-state index contributed by atoms with van der Waals surface area (Å²) in [6, 6.07) is -0.995. The minimum absolute atomic E-state index is 0.00138. The van der Waals surface area contributed by atoms with E-state index in [4.69, 9.17) is 9.47 Å². The molecule has 0 saturated carbocycles. The Kier molecular flexibility index (Phi) is 47.9. The second kappa shape index (κ2) is 51.2. The van der Waals surface area contributed by atoms with E-state index in [2.05, 4.69) is 67.1 Å². The first kappa shape index (κ1) is 72.0. The SMILES string of the molecule is CCCCC/C=C\CCC(CCCCCCCCCCCCCC)OC(=O)CC[C@H](Nc1c(N(CCCN(C)C)CCCN(C)C)c(=O)c1=O)C(=O)OC(CC/C=C\CCCCC)CCCCCCCCCCCCCC. The molecule has 0 fully saturated rings. The van der Waals surface area contributed by atoms with Crippen LogP contribution >= 0.6 is 0 Å². The van der Waals surface area contributed by atoms with Gasteiger partial charge in [0, 0.05) is 19.5 Å². The highest BCUT2D eigenvalue weighted by atomic mass is 16.5. The molecule has 3 atom stereocenters. The van der Waals surface area contributed by atoms with Crippen molar-refractivity contribution in [3.05, 3.63) is 44.8 Å². The normalized spacial score (nSPS) is 13.2. The minimum Gasteiger partial charge on any atom is -0.462 e. The van der Waals surface area contributed by atoms with Crippen molar-refractivity contribution in [1.29, 1.82) is 0 Å². The summed E-state index contributed by atoms with van der Waals surface area (Å²) in [6.07, 6.45) is 54.9. The third-order valence-electron chi connectivity index (χ3n) is 15.4. The zero-order chi connectivity index (χ0) is 56.4. The average Bonchev–Trinajstić information content (AvgIpc) is 3.41. The predicted octanol–water partition coefficient (Wildman–Crippen LogP) is 17.4. The molecule has 0 aliphatic carbocycles. The number of carbonyl (C=O) groups is 2. The van der Waals surface area contributed by atoms with Crippen molar-refractivity contribution in [2.24, 2.45) is 0 Å². The van der Waals surface area contributed by atoms with E-state index in [-0.39, 0.29) is 36.7 Å². The summed E-state index contributed by atoms with van der Waals surface area (Å²) in [5, 5.41) is 3.27. The molecule has 77 heavy (non-hydrogen) atoms. The lowest BCUT2D eigenvalue weighted by Crippen LogP contribution is -2.47. The summed E-state index contributed by atoms with van der Waals surface area (Å²) in [6.45, 7) is 11.9. The largest absolute Gasteiger partial charge is 0.462 e. The van der Waals surface area contributed by atoms with Crippen molar-refractivity contribution in [3.63, 3.8) is 0 Å². The van der Waals surface area contributed by atoms with Gasteiger partial charge >= 0.3 is 11.9 Å². The molecule has 0 heterocycles. The third-order valence-corrected chi connectivity index (χ3v) is 15.4. The first-order valence-corrected chi connectivity index (χ1v) is 32.8. The van der Waals surface area contributed by atoms with E-state index in [0.29, 0.717) is 25.2 Å². The predicted molar refractivity (Wildman–Crippen MR) is 333 cm³/mol. The van der Waals surface area contributed by atoms with Gasteiger partial charge in [-0.05, 0) is 138 Å². The Morgan fingerprint density at radius 1 is 0.416 bits per heavy atom. The number of hydrogen-bond donors (Lipinski definition) is 1. The van der Waals surface area contributed by atoms with Gasteiger partial charge in [-0.25, -0.2) is 4.79 Å². The van der Waals surface area contributed by atoms with Crippen LogP contribution in [0.15, 0.2) is 33.9 Å². The van der Waals surface area contributed by atoms with E-state index in [0.717, 1.165) is 96.6 Å². The Labute approximate surface area is 475 Å². The van der Waals surface area contributed by atoms with Crippen molar-refractivity contribution in [3.8, 4) is 0 Å². The summed E-state index contributed by atoms with van der Waals surface area (Å²) < 4.78 is 12.8. The first-order chi connectivity index (χ1) is 37.5. The van der Waals surface area contributed by atoms with E-state index < -0.39 is 22.9 Å². The van der Waals surface area contributed by atoms with Crippen molar-refractivity contribution in [2.45, 2.75) is 316 Å². The van der Waals surface area contributed by atoms with E-state index in [9.17, 15) is 19.2 Å². The number of unbranched alkanes of at least 4 members (excludes halogenated alkanes) is 28. The Balaban J connectivity index is 3.31. The molecular formula is C67H124N4O6. The summed E-state index contributed by atoms with van der Waals surface area (Å²) in [4.78, 5) is 62.0. The van der Waals surface area contributed by atoms with Crippen LogP contribution in [0.25, 0.3) is 0 Å². The average molecular weight is 1080 g/mol. The maximum absolute atomic E-state index is 14.7. The summed E-state index contributed by atoms with van der Waals surface area (Å²) in [7, 11) is 8.13. The van der Waals surface area contributed by atoms with Crippen LogP contribution in [0.5, 0.6) is 0 Å². The molecule has 1 aromatic rings. The maximum atomic E-state index is 14.7. The van der Waals surface area contributed by atoms with Gasteiger partial charge in [0.1, 0.15) is 29.6 Å². The number of esters is 2. The molecule has 448 valence electrons. The number of nitrogens with zero attached hydrogens (tertiary/aromatic N) is 3. The quantitative estimate of drug-likeness (QED) is 0.0293. The molecule has 0 aliphatic heterocycles. The van der Waals surface area contributed by atoms with Gasteiger partial charge in [0.15, 0.2) is 0 Å². The van der Waals surface area contributed by atoms with Gasteiger partial charge < -0.3 is 29.5 Å². The van der Waals surface area contributed by atoms with Crippen LogP contribution in [0.4, 0.5) is 11.4 Å². The molecule has 1 aromatic carbocycles. The smallest absolute Gasteiger partial charge is 0.328 e. The molecular weight excluding hydrogens is 957 g/mol. The van der Waals surface area contributed by atoms with Gasteiger partial charge in [-0.3, -0.25) is 14.4 Å². The molecule has 2 unspecified atom stereocenters.